The summed E-state index contributed by atoms with van der Waals surface area (Å²) in [5, 5.41) is 3.26. The number of likely N-dealkylation sites (N-methyl/N-ethyl adjacent to an activating group) is 1. The average molecular weight is 276 g/mol. The molecule has 0 saturated carbocycles. The van der Waals surface area contributed by atoms with Crippen LogP contribution >= 0.6 is 0 Å². The van der Waals surface area contributed by atoms with Crippen LogP contribution in [-0.4, -0.2) is 40.9 Å². The predicted octanol–water partition coefficient (Wildman–Crippen LogP) is 0.983. The monoisotopic (exact) mass is 276 g/mol. The molecule has 1 heterocycles. The SMILES string of the molecule is CC(NC(C)c1ccc2[nH]c(=O)[nH]c2c1)C(=O)N(C)C. The normalized spacial score (nSPS) is 14.2. The van der Waals surface area contributed by atoms with Gasteiger partial charge in [0.1, 0.15) is 0 Å². The second-order valence-electron chi connectivity index (χ2n) is 5.23. The van der Waals surface area contributed by atoms with Gasteiger partial charge in [-0.3, -0.25) is 10.1 Å². The van der Waals surface area contributed by atoms with E-state index in [9.17, 15) is 9.59 Å². The van der Waals surface area contributed by atoms with Crippen molar-refractivity contribution in [2.24, 2.45) is 0 Å². The highest BCUT2D eigenvalue weighted by Crippen LogP contribution is 2.17. The lowest BCUT2D eigenvalue weighted by molar-refractivity contribution is -0.130. The number of nitrogens with zero attached hydrogens (tertiary/aromatic N) is 1. The zero-order chi connectivity index (χ0) is 14.9. The van der Waals surface area contributed by atoms with Crippen molar-refractivity contribution >= 4 is 16.9 Å². The van der Waals surface area contributed by atoms with Crippen LogP contribution in [0.25, 0.3) is 11.0 Å². The van der Waals surface area contributed by atoms with Gasteiger partial charge >= 0.3 is 5.69 Å². The number of carbonyl (C=O) groups excluding carboxylic acids is 1. The molecule has 6 heteroatoms. The molecule has 0 spiro atoms. The lowest BCUT2D eigenvalue weighted by Gasteiger charge is -2.22. The number of fused-ring (bicyclic) bond motifs is 1. The van der Waals surface area contributed by atoms with Crippen LogP contribution in [0.4, 0.5) is 0 Å². The van der Waals surface area contributed by atoms with Crippen molar-refractivity contribution < 1.29 is 4.79 Å². The molecule has 6 nitrogen and oxygen atoms in total. The first-order chi connectivity index (χ1) is 9.38. The van der Waals surface area contributed by atoms with Crippen molar-refractivity contribution in [1.82, 2.24) is 20.2 Å². The molecule has 0 fully saturated rings. The molecule has 0 aliphatic heterocycles. The van der Waals surface area contributed by atoms with E-state index >= 15 is 0 Å². The van der Waals surface area contributed by atoms with Crippen molar-refractivity contribution in [1.29, 1.82) is 0 Å². The molecule has 2 rings (SSSR count). The molecular weight excluding hydrogens is 256 g/mol. The average Bonchev–Trinajstić information content (AvgIpc) is 2.76. The summed E-state index contributed by atoms with van der Waals surface area (Å²) in [7, 11) is 3.48. The first kappa shape index (κ1) is 14.3. The number of imidazole rings is 1. The number of nitrogens with one attached hydrogen (secondary N) is 3. The van der Waals surface area contributed by atoms with Crippen molar-refractivity contribution in [3.05, 3.63) is 34.2 Å². The van der Waals surface area contributed by atoms with E-state index in [1.807, 2.05) is 32.0 Å². The van der Waals surface area contributed by atoms with Crippen molar-refractivity contribution in [3.63, 3.8) is 0 Å². The maximum absolute atomic E-state index is 11.8. The van der Waals surface area contributed by atoms with Gasteiger partial charge in [-0.1, -0.05) is 6.07 Å². The lowest BCUT2D eigenvalue weighted by atomic mass is 10.1. The number of aromatic nitrogens is 2. The number of rotatable bonds is 4. The molecule has 0 aliphatic rings. The molecule has 3 N–H and O–H groups in total. The van der Waals surface area contributed by atoms with Gasteiger partial charge < -0.3 is 14.9 Å². The van der Waals surface area contributed by atoms with E-state index in [-0.39, 0.29) is 23.7 Å². The fourth-order valence-electron chi connectivity index (χ4n) is 2.25. The highest BCUT2D eigenvalue weighted by molar-refractivity contribution is 5.81. The third-order valence-corrected chi connectivity index (χ3v) is 3.35. The van der Waals surface area contributed by atoms with Gasteiger partial charge in [-0.25, -0.2) is 4.79 Å². The summed E-state index contributed by atoms with van der Waals surface area (Å²) in [5.74, 6) is 0.0352. The van der Waals surface area contributed by atoms with Crippen LogP contribution in [-0.2, 0) is 4.79 Å². The third kappa shape index (κ3) is 2.91. The zero-order valence-electron chi connectivity index (χ0n) is 12.2. The Kier molecular flexibility index (Phi) is 3.94. The van der Waals surface area contributed by atoms with Crippen LogP contribution in [0.15, 0.2) is 23.0 Å². The highest BCUT2D eigenvalue weighted by Gasteiger charge is 2.17. The van der Waals surface area contributed by atoms with E-state index in [1.54, 1.807) is 19.0 Å². The summed E-state index contributed by atoms with van der Waals surface area (Å²) >= 11 is 0. The summed E-state index contributed by atoms with van der Waals surface area (Å²) in [5.41, 5.74) is 2.36. The Balaban J connectivity index is 2.16. The fraction of sp³-hybridized carbons (Fsp3) is 0.429. The molecule has 1 amide bonds. The van der Waals surface area contributed by atoms with Gasteiger partial charge in [0.25, 0.3) is 0 Å². The molecule has 0 aliphatic carbocycles. The molecule has 20 heavy (non-hydrogen) atoms. The van der Waals surface area contributed by atoms with Crippen LogP contribution in [0, 0.1) is 0 Å². The van der Waals surface area contributed by atoms with E-state index in [4.69, 9.17) is 0 Å². The first-order valence-corrected chi connectivity index (χ1v) is 6.57. The van der Waals surface area contributed by atoms with E-state index in [0.717, 1.165) is 16.6 Å². The second-order valence-corrected chi connectivity index (χ2v) is 5.23. The standard InChI is InChI=1S/C14H20N4O2/c1-8(15-9(2)13(19)18(3)4)10-5-6-11-12(7-10)17-14(20)16-11/h5-9,15H,1-4H3,(H2,16,17,20). The topological polar surface area (TPSA) is 81.0 Å². The van der Waals surface area contributed by atoms with Crippen molar-refractivity contribution in [2.75, 3.05) is 14.1 Å². The van der Waals surface area contributed by atoms with Gasteiger partial charge in [0.2, 0.25) is 5.91 Å². The number of H-pyrrole nitrogens is 2. The highest BCUT2D eigenvalue weighted by atomic mass is 16.2. The van der Waals surface area contributed by atoms with Gasteiger partial charge in [0.05, 0.1) is 17.1 Å². The zero-order valence-corrected chi connectivity index (χ0v) is 12.2. The molecule has 2 unspecified atom stereocenters. The van der Waals surface area contributed by atoms with Crippen LogP contribution < -0.4 is 11.0 Å². The molecular formula is C14H20N4O2. The van der Waals surface area contributed by atoms with Gasteiger partial charge in [-0.2, -0.15) is 0 Å². The van der Waals surface area contributed by atoms with Crippen LogP contribution in [0.5, 0.6) is 0 Å². The summed E-state index contributed by atoms with van der Waals surface area (Å²) in [6.07, 6.45) is 0. The van der Waals surface area contributed by atoms with Gasteiger partial charge in [0.15, 0.2) is 0 Å². The molecule has 1 aromatic carbocycles. The predicted molar refractivity (Wildman–Crippen MR) is 78.6 cm³/mol. The number of hydrogen-bond acceptors (Lipinski definition) is 3. The fourth-order valence-corrected chi connectivity index (χ4v) is 2.25. The summed E-state index contributed by atoms with van der Waals surface area (Å²) in [6, 6.07) is 5.46. The molecule has 2 atom stereocenters. The molecule has 108 valence electrons. The Hall–Kier alpha value is -2.08. The second kappa shape index (κ2) is 5.50. The minimum Gasteiger partial charge on any atom is -0.347 e. The number of hydrogen-bond donors (Lipinski definition) is 3. The summed E-state index contributed by atoms with van der Waals surface area (Å²) < 4.78 is 0. The molecule has 0 saturated heterocycles. The number of carbonyl (C=O) groups is 1. The maximum atomic E-state index is 11.8. The van der Waals surface area contributed by atoms with Gasteiger partial charge in [-0.05, 0) is 31.5 Å². The molecule has 0 bridgehead atoms. The third-order valence-electron chi connectivity index (χ3n) is 3.35. The van der Waals surface area contributed by atoms with Crippen LogP contribution in [0.2, 0.25) is 0 Å². The van der Waals surface area contributed by atoms with E-state index in [1.165, 1.54) is 0 Å². The lowest BCUT2D eigenvalue weighted by Crippen LogP contribution is -2.42. The molecule has 1 aromatic heterocycles. The summed E-state index contributed by atoms with van der Waals surface area (Å²) in [6.45, 7) is 3.83. The smallest absolute Gasteiger partial charge is 0.323 e. The van der Waals surface area contributed by atoms with Gasteiger partial charge in [-0.15, -0.1) is 0 Å². The van der Waals surface area contributed by atoms with Crippen molar-refractivity contribution in [2.45, 2.75) is 25.9 Å². The minimum absolute atomic E-state index is 0.0108. The Morgan fingerprint density at radius 2 is 1.85 bits per heavy atom. The minimum atomic E-state index is -0.263. The van der Waals surface area contributed by atoms with E-state index in [2.05, 4.69) is 15.3 Å². The first-order valence-electron chi connectivity index (χ1n) is 6.57. The Morgan fingerprint density at radius 3 is 2.50 bits per heavy atom. The molecule has 2 aromatic rings. The number of aromatic amines is 2. The Bertz CT molecular complexity index is 671. The summed E-state index contributed by atoms with van der Waals surface area (Å²) in [4.78, 5) is 30.1. The molecule has 0 radical (unpaired) electrons. The van der Waals surface area contributed by atoms with Crippen molar-refractivity contribution in [3.8, 4) is 0 Å². The largest absolute Gasteiger partial charge is 0.347 e. The van der Waals surface area contributed by atoms with E-state index < -0.39 is 0 Å². The Labute approximate surface area is 117 Å². The van der Waals surface area contributed by atoms with Gasteiger partial charge in [0, 0.05) is 20.1 Å². The van der Waals surface area contributed by atoms with Crippen LogP contribution in [0.1, 0.15) is 25.5 Å². The number of amides is 1. The maximum Gasteiger partial charge on any atom is 0.323 e. The van der Waals surface area contributed by atoms with E-state index in [0.29, 0.717) is 0 Å². The van der Waals surface area contributed by atoms with Crippen LogP contribution in [0.3, 0.4) is 0 Å². The quantitative estimate of drug-likeness (QED) is 0.778. The number of benzene rings is 1. The Morgan fingerprint density at radius 1 is 1.20 bits per heavy atom.